The van der Waals surface area contributed by atoms with Crippen LogP contribution >= 0.6 is 0 Å². The smallest absolute Gasteiger partial charge is 0.292 e. The summed E-state index contributed by atoms with van der Waals surface area (Å²) in [4.78, 5) is 22.9. The summed E-state index contributed by atoms with van der Waals surface area (Å²) in [6.07, 6.45) is 8.61. The first-order chi connectivity index (χ1) is 11.1. The normalized spacial score (nSPS) is 17.8. The molecule has 1 saturated carbocycles. The summed E-state index contributed by atoms with van der Waals surface area (Å²) in [5, 5.41) is 15.8. The molecule has 1 aliphatic carbocycles. The van der Waals surface area contributed by atoms with Crippen molar-refractivity contribution in [3.8, 4) is 0 Å². The molecule has 0 bridgehead atoms. The van der Waals surface area contributed by atoms with Crippen LogP contribution in [0.4, 0.5) is 11.4 Å². The maximum atomic E-state index is 12.3. The van der Waals surface area contributed by atoms with E-state index in [1.54, 1.807) is 18.2 Å². The molecule has 0 aromatic heterocycles. The Balaban J connectivity index is 1.93. The molecule has 126 valence electrons. The molecular formula is C17H26N3O3+. The lowest BCUT2D eigenvalue weighted by Crippen LogP contribution is -2.96. The summed E-state index contributed by atoms with van der Waals surface area (Å²) < 4.78 is 0. The van der Waals surface area contributed by atoms with Gasteiger partial charge < -0.3 is 10.6 Å². The highest BCUT2D eigenvalue weighted by Gasteiger charge is 2.24. The summed E-state index contributed by atoms with van der Waals surface area (Å²) in [6, 6.07) is 6.47. The van der Waals surface area contributed by atoms with Crippen LogP contribution in [-0.2, 0) is 4.79 Å². The Hall–Kier alpha value is -1.95. The molecule has 0 saturated heterocycles. The molecule has 1 atom stereocenters. The Morgan fingerprint density at radius 3 is 2.48 bits per heavy atom. The minimum Gasteiger partial charge on any atom is -0.334 e. The van der Waals surface area contributed by atoms with Crippen molar-refractivity contribution in [1.82, 2.24) is 0 Å². The number of quaternary nitrogens is 1. The van der Waals surface area contributed by atoms with Gasteiger partial charge in [0.1, 0.15) is 5.69 Å². The largest absolute Gasteiger partial charge is 0.334 e. The lowest BCUT2D eigenvalue weighted by Gasteiger charge is -2.21. The number of nitrogens with zero attached hydrogens (tertiary/aromatic N) is 1. The number of nitrogens with one attached hydrogen (secondary N) is 1. The van der Waals surface area contributed by atoms with E-state index in [-0.39, 0.29) is 23.3 Å². The second kappa shape index (κ2) is 8.62. The third-order valence-corrected chi connectivity index (χ3v) is 4.48. The van der Waals surface area contributed by atoms with Gasteiger partial charge in [0.25, 0.3) is 11.6 Å². The number of rotatable bonds is 5. The van der Waals surface area contributed by atoms with Crippen LogP contribution < -0.4 is 10.6 Å². The molecule has 1 aromatic rings. The van der Waals surface area contributed by atoms with Gasteiger partial charge in [-0.05, 0) is 38.7 Å². The van der Waals surface area contributed by atoms with E-state index in [0.29, 0.717) is 6.04 Å². The first-order valence-electron chi connectivity index (χ1n) is 8.47. The molecule has 0 heterocycles. The van der Waals surface area contributed by atoms with Gasteiger partial charge in [0.2, 0.25) is 0 Å². The number of carbonyl (C=O) groups is 1. The molecule has 0 spiro atoms. The summed E-state index contributed by atoms with van der Waals surface area (Å²) >= 11 is 0. The van der Waals surface area contributed by atoms with E-state index in [2.05, 4.69) is 10.6 Å². The van der Waals surface area contributed by atoms with Gasteiger partial charge >= 0.3 is 0 Å². The SMILES string of the molecule is C[C@@H]([NH2+]C1CCCCCCC1)C(=O)Nc1ccccc1[N+](=O)[O-]. The van der Waals surface area contributed by atoms with Crippen molar-refractivity contribution in [3.63, 3.8) is 0 Å². The molecule has 1 aliphatic rings. The zero-order chi connectivity index (χ0) is 16.7. The molecule has 3 N–H and O–H groups in total. The highest BCUT2D eigenvalue weighted by molar-refractivity contribution is 5.95. The van der Waals surface area contributed by atoms with E-state index < -0.39 is 4.92 Å². The average Bonchev–Trinajstić information content (AvgIpc) is 2.50. The second-order valence-corrected chi connectivity index (χ2v) is 6.35. The minimum atomic E-state index is -0.473. The van der Waals surface area contributed by atoms with E-state index in [4.69, 9.17) is 0 Å². The van der Waals surface area contributed by atoms with Crippen LogP contribution in [0.3, 0.4) is 0 Å². The maximum Gasteiger partial charge on any atom is 0.292 e. The number of para-hydroxylation sites is 2. The highest BCUT2D eigenvalue weighted by Crippen LogP contribution is 2.23. The molecule has 1 fully saturated rings. The Morgan fingerprint density at radius 2 is 1.83 bits per heavy atom. The van der Waals surface area contributed by atoms with Crippen LogP contribution in [0.1, 0.15) is 51.9 Å². The summed E-state index contributed by atoms with van der Waals surface area (Å²) in [7, 11) is 0. The third-order valence-electron chi connectivity index (χ3n) is 4.48. The Labute approximate surface area is 136 Å². The second-order valence-electron chi connectivity index (χ2n) is 6.35. The zero-order valence-electron chi connectivity index (χ0n) is 13.7. The lowest BCUT2D eigenvalue weighted by atomic mass is 9.96. The van der Waals surface area contributed by atoms with Gasteiger partial charge in [-0.3, -0.25) is 14.9 Å². The number of hydrogen-bond donors (Lipinski definition) is 2. The number of nitro groups is 1. The maximum absolute atomic E-state index is 12.3. The zero-order valence-corrected chi connectivity index (χ0v) is 13.7. The van der Waals surface area contributed by atoms with E-state index in [0.717, 1.165) is 12.8 Å². The average molecular weight is 320 g/mol. The Bertz CT molecular complexity index is 540. The van der Waals surface area contributed by atoms with Gasteiger partial charge in [0, 0.05) is 6.07 Å². The number of carbonyl (C=O) groups excluding carboxylic acids is 1. The number of amides is 1. The van der Waals surface area contributed by atoms with E-state index in [1.165, 1.54) is 38.2 Å². The topological polar surface area (TPSA) is 88.8 Å². The van der Waals surface area contributed by atoms with Crippen molar-refractivity contribution in [2.75, 3.05) is 5.32 Å². The summed E-state index contributed by atoms with van der Waals surface area (Å²) in [6.45, 7) is 1.86. The molecule has 1 aromatic carbocycles. The molecule has 23 heavy (non-hydrogen) atoms. The van der Waals surface area contributed by atoms with Gasteiger partial charge in [-0.15, -0.1) is 0 Å². The van der Waals surface area contributed by atoms with Crippen LogP contribution in [0, 0.1) is 10.1 Å². The number of hydrogen-bond acceptors (Lipinski definition) is 3. The van der Waals surface area contributed by atoms with E-state index in [9.17, 15) is 14.9 Å². The van der Waals surface area contributed by atoms with Crippen molar-refractivity contribution in [2.45, 2.75) is 64.0 Å². The van der Waals surface area contributed by atoms with Crippen molar-refractivity contribution in [1.29, 1.82) is 0 Å². The first kappa shape index (κ1) is 17.4. The molecular weight excluding hydrogens is 294 g/mol. The fourth-order valence-corrected chi connectivity index (χ4v) is 3.16. The van der Waals surface area contributed by atoms with Crippen LogP contribution in [0.2, 0.25) is 0 Å². The van der Waals surface area contributed by atoms with Crippen LogP contribution in [-0.4, -0.2) is 22.9 Å². The van der Waals surface area contributed by atoms with Crippen LogP contribution in [0.15, 0.2) is 24.3 Å². The summed E-state index contributed by atoms with van der Waals surface area (Å²) in [5.41, 5.74) is 0.194. The Morgan fingerprint density at radius 1 is 1.22 bits per heavy atom. The summed E-state index contributed by atoms with van der Waals surface area (Å²) in [5.74, 6) is -0.179. The van der Waals surface area contributed by atoms with E-state index >= 15 is 0 Å². The minimum absolute atomic E-state index is 0.0704. The van der Waals surface area contributed by atoms with Crippen molar-refractivity contribution >= 4 is 17.3 Å². The lowest BCUT2D eigenvalue weighted by molar-refractivity contribution is -0.707. The molecule has 0 unspecified atom stereocenters. The van der Waals surface area contributed by atoms with Gasteiger partial charge in [-0.25, -0.2) is 0 Å². The van der Waals surface area contributed by atoms with Crippen LogP contribution in [0.25, 0.3) is 0 Å². The molecule has 0 radical (unpaired) electrons. The van der Waals surface area contributed by atoms with Crippen molar-refractivity contribution in [3.05, 3.63) is 34.4 Å². The van der Waals surface area contributed by atoms with Crippen molar-refractivity contribution < 1.29 is 15.0 Å². The van der Waals surface area contributed by atoms with E-state index in [1.807, 2.05) is 6.92 Å². The number of nitro benzene ring substituents is 1. The molecule has 0 aliphatic heterocycles. The molecule has 6 nitrogen and oxygen atoms in total. The van der Waals surface area contributed by atoms with Gasteiger partial charge in [-0.1, -0.05) is 31.4 Å². The molecule has 1 amide bonds. The fourth-order valence-electron chi connectivity index (χ4n) is 3.16. The number of benzene rings is 1. The highest BCUT2D eigenvalue weighted by atomic mass is 16.6. The Kier molecular flexibility index (Phi) is 6.52. The predicted octanol–water partition coefficient (Wildman–Crippen LogP) is 2.60. The first-order valence-corrected chi connectivity index (χ1v) is 8.47. The fraction of sp³-hybridized carbons (Fsp3) is 0.588. The molecule has 2 rings (SSSR count). The predicted molar refractivity (Wildman–Crippen MR) is 89.2 cm³/mol. The van der Waals surface area contributed by atoms with Crippen molar-refractivity contribution in [2.24, 2.45) is 0 Å². The number of nitrogens with two attached hydrogens (primary N) is 1. The molecule has 6 heteroatoms. The quantitative estimate of drug-likeness (QED) is 0.645. The third kappa shape index (κ3) is 5.32. The van der Waals surface area contributed by atoms with Crippen LogP contribution in [0.5, 0.6) is 0 Å². The monoisotopic (exact) mass is 320 g/mol. The number of anilines is 1. The standard InChI is InChI=1S/C17H25N3O3/c1-13(18-14-9-5-3-2-4-6-10-14)17(21)19-15-11-7-8-12-16(15)20(22)23/h7-8,11-14,18H,2-6,9-10H2,1H3,(H,19,21)/p+1/t13-/m1/s1. The van der Waals surface area contributed by atoms with Gasteiger partial charge in [0.05, 0.1) is 11.0 Å². The van der Waals surface area contributed by atoms with Gasteiger partial charge in [-0.2, -0.15) is 0 Å². The van der Waals surface area contributed by atoms with Gasteiger partial charge in [0.15, 0.2) is 6.04 Å².